The number of amides is 2. The molecule has 2 amide bonds. The van der Waals surface area contributed by atoms with Gasteiger partial charge in [-0.25, -0.2) is 4.39 Å². The number of hydrogen-bond donors (Lipinski definition) is 3. The van der Waals surface area contributed by atoms with E-state index in [1.54, 1.807) is 19.2 Å². The number of benzene rings is 1. The summed E-state index contributed by atoms with van der Waals surface area (Å²) in [5.74, 6) is -1.10. The summed E-state index contributed by atoms with van der Waals surface area (Å²) in [7, 11) is 5.47. The van der Waals surface area contributed by atoms with Crippen LogP contribution < -0.4 is 11.1 Å². The maximum atomic E-state index is 14.1. The van der Waals surface area contributed by atoms with Crippen molar-refractivity contribution in [3.05, 3.63) is 41.8 Å². The Morgan fingerprint density at radius 3 is 2.43 bits per heavy atom. The lowest BCUT2D eigenvalue weighted by molar-refractivity contribution is -0.141. The third-order valence-electron chi connectivity index (χ3n) is 6.41. The van der Waals surface area contributed by atoms with E-state index in [2.05, 4.69) is 10.4 Å². The Bertz CT molecular complexity index is 1030. The molecule has 10 heteroatoms. The molecular formula is C25H37FN6O3. The first-order valence-electron chi connectivity index (χ1n) is 11.8. The van der Waals surface area contributed by atoms with E-state index in [0.29, 0.717) is 17.8 Å². The average molecular weight is 489 g/mol. The molecule has 0 unspecified atom stereocenters. The van der Waals surface area contributed by atoms with Gasteiger partial charge in [-0.05, 0) is 25.1 Å². The van der Waals surface area contributed by atoms with Crippen molar-refractivity contribution in [2.45, 2.75) is 51.4 Å². The zero-order chi connectivity index (χ0) is 26.1. The van der Waals surface area contributed by atoms with Gasteiger partial charge in [-0.2, -0.15) is 5.10 Å². The molecule has 1 fully saturated rings. The Kier molecular flexibility index (Phi) is 7.98. The van der Waals surface area contributed by atoms with Crippen LogP contribution in [0, 0.1) is 11.2 Å². The van der Waals surface area contributed by atoms with Crippen LogP contribution in [0.3, 0.4) is 0 Å². The second-order valence-corrected chi connectivity index (χ2v) is 10.6. The van der Waals surface area contributed by atoms with Gasteiger partial charge in [0, 0.05) is 32.1 Å². The van der Waals surface area contributed by atoms with Gasteiger partial charge in [0.15, 0.2) is 5.82 Å². The molecule has 4 N–H and O–H groups in total. The first-order chi connectivity index (χ1) is 16.3. The fraction of sp³-hybridized carbons (Fsp3) is 0.560. The first-order valence-corrected chi connectivity index (χ1v) is 11.8. The standard InChI is InChI=1S/C25H37FN6O3/c1-25(2,3)22(27)24(35)32-13-17(33)11-20(32)23(34)29-19(14-30(4)5)15-7-9-16(10-8-15)21-18(26)12-28-31(21)6/h7-10,12,17,19-20,22,33H,11,13-14,27H2,1-6H3,(H,29,34)/t17-,19+,20+,22-/m1/s1. The number of β-amino-alcohol motifs (C(OH)–C–C–N with tert-alkyl or cyclic N) is 1. The quantitative estimate of drug-likeness (QED) is 0.541. The highest BCUT2D eigenvalue weighted by Gasteiger charge is 2.43. The van der Waals surface area contributed by atoms with Crippen LogP contribution in [0.2, 0.25) is 0 Å². The number of hydrogen-bond acceptors (Lipinski definition) is 6. The summed E-state index contributed by atoms with van der Waals surface area (Å²) in [4.78, 5) is 29.8. The number of carbonyl (C=O) groups is 2. The Balaban J connectivity index is 1.81. The number of likely N-dealkylation sites (tertiary alicyclic amines) is 1. The van der Waals surface area contributed by atoms with Gasteiger partial charge in [0.25, 0.3) is 0 Å². The zero-order valence-electron chi connectivity index (χ0n) is 21.3. The molecule has 192 valence electrons. The molecule has 1 aliphatic heterocycles. The third kappa shape index (κ3) is 6.06. The summed E-state index contributed by atoms with van der Waals surface area (Å²) in [5, 5.41) is 17.2. The second-order valence-electron chi connectivity index (χ2n) is 10.6. The number of aliphatic hydroxyl groups excluding tert-OH is 1. The molecule has 9 nitrogen and oxygen atoms in total. The molecule has 0 radical (unpaired) electrons. The summed E-state index contributed by atoms with van der Waals surface area (Å²) in [6, 6.07) is 5.30. The minimum Gasteiger partial charge on any atom is -0.391 e. The van der Waals surface area contributed by atoms with Crippen LogP contribution in [0.1, 0.15) is 38.8 Å². The number of rotatable bonds is 7. The molecule has 0 saturated carbocycles. The van der Waals surface area contributed by atoms with E-state index in [0.717, 1.165) is 5.56 Å². The van der Waals surface area contributed by atoms with Crippen LogP contribution in [-0.2, 0) is 16.6 Å². The molecule has 1 aromatic heterocycles. The number of halogens is 1. The molecule has 0 spiro atoms. The lowest BCUT2D eigenvalue weighted by Gasteiger charge is -2.33. The molecule has 4 atom stereocenters. The van der Waals surface area contributed by atoms with Crippen LogP contribution in [0.5, 0.6) is 0 Å². The van der Waals surface area contributed by atoms with Crippen LogP contribution in [0.4, 0.5) is 4.39 Å². The number of nitrogens with zero attached hydrogens (tertiary/aromatic N) is 4. The summed E-state index contributed by atoms with van der Waals surface area (Å²) in [5.41, 5.74) is 7.59. The molecular weight excluding hydrogens is 451 g/mol. The van der Waals surface area contributed by atoms with Gasteiger partial charge in [0.05, 0.1) is 24.4 Å². The van der Waals surface area contributed by atoms with E-state index in [9.17, 15) is 19.1 Å². The van der Waals surface area contributed by atoms with Crippen molar-refractivity contribution in [1.29, 1.82) is 0 Å². The maximum absolute atomic E-state index is 14.1. The predicted molar refractivity (Wildman–Crippen MR) is 132 cm³/mol. The van der Waals surface area contributed by atoms with Gasteiger partial charge >= 0.3 is 0 Å². The largest absolute Gasteiger partial charge is 0.391 e. The van der Waals surface area contributed by atoms with E-state index < -0.39 is 29.4 Å². The minimum absolute atomic E-state index is 0.0734. The summed E-state index contributed by atoms with van der Waals surface area (Å²) < 4.78 is 15.6. The number of nitrogens with two attached hydrogens (primary N) is 1. The number of likely N-dealkylation sites (N-methyl/N-ethyl adjacent to an activating group) is 1. The highest BCUT2D eigenvalue weighted by atomic mass is 19.1. The van der Waals surface area contributed by atoms with Gasteiger partial charge < -0.3 is 26.0 Å². The zero-order valence-corrected chi connectivity index (χ0v) is 21.3. The topological polar surface area (TPSA) is 117 Å². The molecule has 35 heavy (non-hydrogen) atoms. The second kappa shape index (κ2) is 10.4. The Hall–Kier alpha value is -2.82. The Labute approximate surface area is 206 Å². The molecule has 2 heterocycles. The summed E-state index contributed by atoms with van der Waals surface area (Å²) in [6.45, 7) is 6.18. The van der Waals surface area contributed by atoms with Crippen LogP contribution >= 0.6 is 0 Å². The molecule has 0 aliphatic carbocycles. The molecule has 2 aromatic rings. The van der Waals surface area contributed by atoms with Crippen molar-refractivity contribution in [3.8, 4) is 11.3 Å². The van der Waals surface area contributed by atoms with Gasteiger partial charge in [-0.15, -0.1) is 0 Å². The Morgan fingerprint density at radius 2 is 1.91 bits per heavy atom. The number of carbonyl (C=O) groups excluding carboxylic acids is 2. The van der Waals surface area contributed by atoms with Crippen LogP contribution in [0.25, 0.3) is 11.3 Å². The van der Waals surface area contributed by atoms with Crippen molar-refractivity contribution in [1.82, 2.24) is 24.9 Å². The van der Waals surface area contributed by atoms with Crippen molar-refractivity contribution < 1.29 is 19.1 Å². The minimum atomic E-state index is -0.807. The van der Waals surface area contributed by atoms with Gasteiger partial charge in [0.1, 0.15) is 11.7 Å². The highest BCUT2D eigenvalue weighted by Crippen LogP contribution is 2.27. The monoisotopic (exact) mass is 488 g/mol. The Morgan fingerprint density at radius 1 is 1.29 bits per heavy atom. The fourth-order valence-electron chi connectivity index (χ4n) is 4.33. The van der Waals surface area contributed by atoms with E-state index in [1.165, 1.54) is 15.8 Å². The van der Waals surface area contributed by atoms with E-state index in [4.69, 9.17) is 5.73 Å². The van der Waals surface area contributed by atoms with Gasteiger partial charge in [-0.1, -0.05) is 45.0 Å². The maximum Gasteiger partial charge on any atom is 0.243 e. The molecule has 3 rings (SSSR count). The van der Waals surface area contributed by atoms with Crippen molar-refractivity contribution in [2.75, 3.05) is 27.2 Å². The highest BCUT2D eigenvalue weighted by molar-refractivity contribution is 5.91. The predicted octanol–water partition coefficient (Wildman–Crippen LogP) is 1.28. The molecule has 1 aromatic carbocycles. The molecule has 1 saturated heterocycles. The van der Waals surface area contributed by atoms with Gasteiger partial charge in [-0.3, -0.25) is 14.3 Å². The van der Waals surface area contributed by atoms with Crippen molar-refractivity contribution in [3.63, 3.8) is 0 Å². The average Bonchev–Trinajstić information content (AvgIpc) is 3.33. The lowest BCUT2D eigenvalue weighted by Crippen LogP contribution is -2.55. The summed E-state index contributed by atoms with van der Waals surface area (Å²) in [6.07, 6.45) is 0.539. The number of aliphatic hydroxyl groups is 1. The summed E-state index contributed by atoms with van der Waals surface area (Å²) >= 11 is 0. The number of aryl methyl sites for hydroxylation is 1. The van der Waals surface area contributed by atoms with E-state index in [1.807, 2.05) is 51.9 Å². The molecule has 1 aliphatic rings. The van der Waals surface area contributed by atoms with Crippen LogP contribution in [0.15, 0.2) is 30.5 Å². The smallest absolute Gasteiger partial charge is 0.243 e. The van der Waals surface area contributed by atoms with Crippen molar-refractivity contribution in [2.24, 2.45) is 18.2 Å². The van der Waals surface area contributed by atoms with Gasteiger partial charge in [0.2, 0.25) is 11.8 Å². The first kappa shape index (κ1) is 26.8. The SMILES string of the molecule is CN(C)C[C@H](NC(=O)[C@@H]1C[C@@H](O)CN1C(=O)[C@@H](N)C(C)(C)C)c1ccc(-c2c(F)cnn2C)cc1. The fourth-order valence-corrected chi connectivity index (χ4v) is 4.33. The van der Waals surface area contributed by atoms with Crippen LogP contribution in [-0.4, -0.2) is 81.9 Å². The number of nitrogens with one attached hydrogen (secondary N) is 1. The number of aromatic nitrogens is 2. The lowest BCUT2D eigenvalue weighted by atomic mass is 9.86. The van der Waals surface area contributed by atoms with Crippen molar-refractivity contribution >= 4 is 11.8 Å². The normalized spacial score (nSPS) is 20.2. The van der Waals surface area contributed by atoms with E-state index in [-0.39, 0.29) is 30.8 Å². The van der Waals surface area contributed by atoms with E-state index >= 15 is 0 Å². The molecule has 0 bridgehead atoms. The third-order valence-corrected chi connectivity index (χ3v) is 6.41.